The van der Waals surface area contributed by atoms with Crippen molar-refractivity contribution >= 4 is 23.5 Å². The van der Waals surface area contributed by atoms with Crippen LogP contribution in [0.2, 0.25) is 0 Å². The molecule has 23 heavy (non-hydrogen) atoms. The van der Waals surface area contributed by atoms with Crippen LogP contribution >= 0.6 is 0 Å². The Morgan fingerprint density at radius 2 is 2.09 bits per heavy atom. The number of fused-ring (bicyclic) bond motifs is 1. The van der Waals surface area contributed by atoms with Crippen LogP contribution in [0.1, 0.15) is 5.56 Å². The average Bonchev–Trinajstić information content (AvgIpc) is 3.23. The lowest BCUT2D eigenvalue weighted by molar-refractivity contribution is -0.147. The van der Waals surface area contributed by atoms with Gasteiger partial charge in [0, 0.05) is 19.3 Å². The smallest absolute Gasteiger partial charge is 0.324 e. The van der Waals surface area contributed by atoms with Gasteiger partial charge in [-0.2, -0.15) is 0 Å². The number of carbonyl (C=O) groups is 3. The fourth-order valence-corrected chi connectivity index (χ4v) is 2.76. The molecule has 0 aromatic heterocycles. The highest BCUT2D eigenvalue weighted by Gasteiger charge is 2.54. The summed E-state index contributed by atoms with van der Waals surface area (Å²) in [5.74, 6) is -1.97. The van der Waals surface area contributed by atoms with Crippen LogP contribution in [0.3, 0.4) is 0 Å². The molecule has 122 valence electrons. The van der Waals surface area contributed by atoms with Crippen LogP contribution in [-0.4, -0.2) is 60.2 Å². The van der Waals surface area contributed by atoms with Gasteiger partial charge in [0.1, 0.15) is 6.54 Å². The topological polar surface area (TPSA) is 102 Å². The molecule has 0 bridgehead atoms. The minimum atomic E-state index is -1.15. The predicted octanol–water partition coefficient (Wildman–Crippen LogP) is -0.609. The number of anilines is 1. The summed E-state index contributed by atoms with van der Waals surface area (Å²) in [6.07, 6.45) is -1.00. The maximum atomic E-state index is 12.5. The second kappa shape index (κ2) is 5.98. The number of carboxylic acid groups (broad SMARTS) is 1. The zero-order valence-electron chi connectivity index (χ0n) is 12.6. The van der Waals surface area contributed by atoms with Crippen LogP contribution in [0, 0.1) is 0 Å². The van der Waals surface area contributed by atoms with Crippen molar-refractivity contribution in [2.24, 2.45) is 0 Å². The van der Waals surface area contributed by atoms with Gasteiger partial charge in [-0.15, -0.1) is 0 Å². The third-order valence-electron chi connectivity index (χ3n) is 3.96. The molecule has 0 saturated carbocycles. The predicted molar refractivity (Wildman–Crippen MR) is 79.6 cm³/mol. The third kappa shape index (κ3) is 2.90. The van der Waals surface area contributed by atoms with Gasteiger partial charge in [-0.1, -0.05) is 18.2 Å². The SMILES string of the molecule is CNN(CC(=O)O)C(=O)C1OC1C(=O)N1CCc2ccccc21. The van der Waals surface area contributed by atoms with Crippen molar-refractivity contribution in [3.63, 3.8) is 0 Å². The summed E-state index contributed by atoms with van der Waals surface area (Å²) >= 11 is 0. The Kier molecular flexibility index (Phi) is 4.01. The molecular formula is C15H17N3O5. The van der Waals surface area contributed by atoms with E-state index in [1.54, 1.807) is 4.90 Å². The number of carbonyl (C=O) groups excluding carboxylic acids is 2. The molecule has 1 aromatic rings. The maximum absolute atomic E-state index is 12.5. The Morgan fingerprint density at radius 1 is 1.35 bits per heavy atom. The Labute approximate surface area is 132 Å². The normalized spacial score (nSPS) is 21.7. The first kappa shape index (κ1) is 15.4. The number of hydrogen-bond acceptors (Lipinski definition) is 5. The van der Waals surface area contributed by atoms with Crippen molar-refractivity contribution in [3.05, 3.63) is 29.8 Å². The van der Waals surface area contributed by atoms with Crippen LogP contribution < -0.4 is 10.3 Å². The zero-order valence-corrected chi connectivity index (χ0v) is 12.6. The van der Waals surface area contributed by atoms with Crippen LogP contribution in [0.5, 0.6) is 0 Å². The molecule has 8 heteroatoms. The van der Waals surface area contributed by atoms with Crippen LogP contribution in [0.25, 0.3) is 0 Å². The molecule has 3 rings (SSSR count). The van der Waals surface area contributed by atoms with E-state index in [1.165, 1.54) is 7.05 Å². The van der Waals surface area contributed by atoms with E-state index in [2.05, 4.69) is 5.43 Å². The summed E-state index contributed by atoms with van der Waals surface area (Å²) in [5.41, 5.74) is 4.43. The van der Waals surface area contributed by atoms with Gasteiger partial charge in [0.05, 0.1) is 0 Å². The van der Waals surface area contributed by atoms with Crippen molar-refractivity contribution < 1.29 is 24.2 Å². The number of hydrogen-bond donors (Lipinski definition) is 2. The molecule has 2 atom stereocenters. The van der Waals surface area contributed by atoms with E-state index in [-0.39, 0.29) is 5.91 Å². The Balaban J connectivity index is 1.65. The third-order valence-corrected chi connectivity index (χ3v) is 3.96. The van der Waals surface area contributed by atoms with E-state index in [9.17, 15) is 14.4 Å². The molecule has 2 aliphatic heterocycles. The van der Waals surface area contributed by atoms with Gasteiger partial charge in [0.2, 0.25) is 0 Å². The first-order valence-electron chi connectivity index (χ1n) is 7.28. The van der Waals surface area contributed by atoms with Gasteiger partial charge in [-0.05, 0) is 18.1 Å². The van der Waals surface area contributed by atoms with Crippen molar-refractivity contribution in [3.8, 4) is 0 Å². The number of nitrogens with one attached hydrogen (secondary N) is 1. The molecule has 2 aliphatic rings. The number of aliphatic carboxylic acids is 1. The summed E-state index contributed by atoms with van der Waals surface area (Å²) < 4.78 is 5.22. The van der Waals surface area contributed by atoms with Crippen molar-refractivity contribution in [1.29, 1.82) is 0 Å². The molecule has 2 amide bonds. The second-order valence-corrected chi connectivity index (χ2v) is 5.39. The quantitative estimate of drug-likeness (QED) is 0.554. The molecule has 8 nitrogen and oxygen atoms in total. The van der Waals surface area contributed by atoms with Crippen LogP contribution in [-0.2, 0) is 25.5 Å². The molecule has 0 aliphatic carbocycles. The van der Waals surface area contributed by atoms with E-state index < -0.39 is 30.6 Å². The number of benzene rings is 1. The van der Waals surface area contributed by atoms with Gasteiger partial charge in [-0.25, -0.2) is 5.43 Å². The minimum absolute atomic E-state index is 0.264. The largest absolute Gasteiger partial charge is 0.480 e. The fraction of sp³-hybridized carbons (Fsp3) is 0.400. The first-order chi connectivity index (χ1) is 11.0. The lowest BCUT2D eigenvalue weighted by Crippen LogP contribution is -2.47. The molecule has 0 spiro atoms. The number of amides is 2. The fourth-order valence-electron chi connectivity index (χ4n) is 2.76. The summed E-state index contributed by atoms with van der Waals surface area (Å²) in [5, 5.41) is 9.70. The summed E-state index contributed by atoms with van der Waals surface area (Å²) in [6, 6.07) is 7.61. The standard InChI is InChI=1S/C15H17N3O5/c1-16-18(8-11(19)20)15(22)13-12(23-13)14(21)17-7-6-9-4-2-3-5-10(9)17/h2-5,12-13,16H,6-8H2,1H3,(H,19,20). The van der Waals surface area contributed by atoms with Crippen LogP contribution in [0.15, 0.2) is 24.3 Å². The lowest BCUT2D eigenvalue weighted by Gasteiger charge is -2.18. The van der Waals surface area contributed by atoms with Gasteiger partial charge in [0.15, 0.2) is 12.2 Å². The van der Waals surface area contributed by atoms with E-state index in [1.807, 2.05) is 24.3 Å². The molecule has 2 heterocycles. The summed E-state index contributed by atoms with van der Waals surface area (Å²) in [6.45, 7) is 0.0620. The number of epoxide rings is 1. The zero-order chi connectivity index (χ0) is 16.6. The first-order valence-corrected chi connectivity index (χ1v) is 7.28. The number of nitrogens with zero attached hydrogens (tertiary/aromatic N) is 2. The van der Waals surface area contributed by atoms with Gasteiger partial charge < -0.3 is 14.7 Å². The highest BCUT2D eigenvalue weighted by molar-refractivity contribution is 6.04. The minimum Gasteiger partial charge on any atom is -0.480 e. The average molecular weight is 319 g/mol. The van der Waals surface area contributed by atoms with Gasteiger partial charge >= 0.3 is 5.97 Å². The second-order valence-electron chi connectivity index (χ2n) is 5.39. The summed E-state index contributed by atoms with van der Waals surface area (Å²) in [7, 11) is 1.44. The monoisotopic (exact) mass is 319 g/mol. The van der Waals surface area contributed by atoms with Crippen molar-refractivity contribution in [2.45, 2.75) is 18.6 Å². The number of hydrazine groups is 1. The van der Waals surface area contributed by atoms with E-state index >= 15 is 0 Å². The van der Waals surface area contributed by atoms with Crippen molar-refractivity contribution in [2.75, 3.05) is 25.0 Å². The lowest BCUT2D eigenvalue weighted by atomic mass is 10.2. The van der Waals surface area contributed by atoms with Gasteiger partial charge in [-0.3, -0.25) is 19.4 Å². The number of para-hydroxylation sites is 1. The van der Waals surface area contributed by atoms with Crippen LogP contribution in [0.4, 0.5) is 5.69 Å². The molecular weight excluding hydrogens is 302 g/mol. The molecule has 0 radical (unpaired) electrons. The van der Waals surface area contributed by atoms with E-state index in [0.29, 0.717) is 6.54 Å². The van der Waals surface area contributed by atoms with E-state index in [4.69, 9.17) is 9.84 Å². The highest BCUT2D eigenvalue weighted by Crippen LogP contribution is 2.33. The Bertz CT molecular complexity index is 662. The Morgan fingerprint density at radius 3 is 2.78 bits per heavy atom. The Hall–Kier alpha value is -2.45. The molecule has 1 saturated heterocycles. The molecule has 2 unspecified atom stereocenters. The molecule has 2 N–H and O–H groups in total. The summed E-state index contributed by atoms with van der Waals surface area (Å²) in [4.78, 5) is 37.0. The van der Waals surface area contributed by atoms with Gasteiger partial charge in [0.25, 0.3) is 11.8 Å². The number of ether oxygens (including phenoxy) is 1. The number of carboxylic acids is 1. The number of rotatable bonds is 5. The van der Waals surface area contributed by atoms with Crippen molar-refractivity contribution in [1.82, 2.24) is 10.4 Å². The molecule has 1 aromatic carbocycles. The van der Waals surface area contributed by atoms with E-state index in [0.717, 1.165) is 22.7 Å². The highest BCUT2D eigenvalue weighted by atomic mass is 16.6. The molecule has 1 fully saturated rings. The maximum Gasteiger partial charge on any atom is 0.324 e.